The van der Waals surface area contributed by atoms with Crippen LogP contribution in [0.5, 0.6) is 0 Å². The van der Waals surface area contributed by atoms with Crippen molar-refractivity contribution < 1.29 is 4.79 Å². The molecule has 96 valence electrons. The van der Waals surface area contributed by atoms with E-state index in [2.05, 4.69) is 5.32 Å². The minimum atomic E-state index is -0.0172. The molecule has 1 aromatic heterocycles. The number of pyridine rings is 1. The normalized spacial score (nSPS) is 25.5. The lowest BCUT2D eigenvalue weighted by atomic mass is 9.83. The summed E-state index contributed by atoms with van der Waals surface area (Å²) in [7, 11) is 1.66. The van der Waals surface area contributed by atoms with Crippen LogP contribution in [-0.4, -0.2) is 35.6 Å². The lowest BCUT2D eigenvalue weighted by molar-refractivity contribution is 0.132. The summed E-state index contributed by atoms with van der Waals surface area (Å²) in [5, 5.41) is 2.68. The first-order valence-corrected chi connectivity index (χ1v) is 6.35. The molecule has 0 aliphatic carbocycles. The number of hydrogen-bond donors (Lipinski definition) is 1. The molecule has 2 aliphatic heterocycles. The molecule has 2 aliphatic rings. The van der Waals surface area contributed by atoms with Crippen LogP contribution in [0.3, 0.4) is 0 Å². The molecule has 0 aromatic carbocycles. The molecule has 18 heavy (non-hydrogen) atoms. The van der Waals surface area contributed by atoms with Gasteiger partial charge in [-0.3, -0.25) is 4.79 Å². The SMILES string of the molecule is CNC(=O)N1C[C@H]2C[C@H](C1)c1cccc(=O)n1C2. The van der Waals surface area contributed by atoms with E-state index in [-0.39, 0.29) is 11.6 Å². The van der Waals surface area contributed by atoms with Crippen molar-refractivity contribution in [1.29, 1.82) is 0 Å². The molecular weight excluding hydrogens is 230 g/mol. The van der Waals surface area contributed by atoms with Crippen molar-refractivity contribution in [2.24, 2.45) is 5.92 Å². The van der Waals surface area contributed by atoms with Gasteiger partial charge in [-0.1, -0.05) is 6.07 Å². The molecular formula is C13H17N3O2. The molecule has 5 nitrogen and oxygen atoms in total. The zero-order valence-corrected chi connectivity index (χ0v) is 10.4. The average Bonchev–Trinajstić information content (AvgIpc) is 2.39. The second-order valence-electron chi connectivity index (χ2n) is 5.16. The van der Waals surface area contributed by atoms with Crippen molar-refractivity contribution in [3.8, 4) is 0 Å². The van der Waals surface area contributed by atoms with E-state index in [1.165, 1.54) is 0 Å². The van der Waals surface area contributed by atoms with Crippen LogP contribution in [0, 0.1) is 5.92 Å². The van der Waals surface area contributed by atoms with Gasteiger partial charge in [0, 0.05) is 44.4 Å². The maximum absolute atomic E-state index is 11.8. The van der Waals surface area contributed by atoms with Crippen LogP contribution < -0.4 is 10.9 Å². The largest absolute Gasteiger partial charge is 0.341 e. The van der Waals surface area contributed by atoms with Crippen molar-refractivity contribution in [2.75, 3.05) is 20.1 Å². The van der Waals surface area contributed by atoms with Gasteiger partial charge in [0.1, 0.15) is 0 Å². The second-order valence-corrected chi connectivity index (χ2v) is 5.16. The molecule has 1 fully saturated rings. The Kier molecular flexibility index (Phi) is 2.61. The monoisotopic (exact) mass is 247 g/mol. The van der Waals surface area contributed by atoms with Crippen molar-refractivity contribution in [3.05, 3.63) is 34.2 Å². The number of hydrogen-bond acceptors (Lipinski definition) is 2. The topological polar surface area (TPSA) is 54.3 Å². The molecule has 0 radical (unpaired) electrons. The lowest BCUT2D eigenvalue weighted by Gasteiger charge is -2.42. The van der Waals surface area contributed by atoms with Crippen LogP contribution in [0.4, 0.5) is 4.79 Å². The summed E-state index contributed by atoms with van der Waals surface area (Å²) in [4.78, 5) is 25.4. The fourth-order valence-corrected chi connectivity index (χ4v) is 3.22. The van der Waals surface area contributed by atoms with Gasteiger partial charge in [-0.2, -0.15) is 0 Å². The molecule has 0 saturated carbocycles. The number of nitrogens with one attached hydrogen (secondary N) is 1. The number of fused-ring (bicyclic) bond motifs is 4. The summed E-state index contributed by atoms with van der Waals surface area (Å²) >= 11 is 0. The van der Waals surface area contributed by atoms with Crippen LogP contribution in [-0.2, 0) is 6.54 Å². The summed E-state index contributed by atoms with van der Waals surface area (Å²) in [6.45, 7) is 2.19. The molecule has 3 rings (SSSR count). The average molecular weight is 247 g/mol. The number of rotatable bonds is 0. The van der Waals surface area contributed by atoms with Crippen molar-refractivity contribution >= 4 is 6.03 Å². The fraction of sp³-hybridized carbons (Fsp3) is 0.538. The summed E-state index contributed by atoms with van der Waals surface area (Å²) < 4.78 is 1.88. The van der Waals surface area contributed by atoms with E-state index in [0.717, 1.165) is 25.2 Å². The smallest absolute Gasteiger partial charge is 0.317 e. The van der Waals surface area contributed by atoms with E-state index in [0.29, 0.717) is 18.4 Å². The molecule has 3 heterocycles. The number of aromatic nitrogens is 1. The number of piperidine rings is 1. The third-order valence-electron chi connectivity index (χ3n) is 3.98. The summed E-state index contributed by atoms with van der Waals surface area (Å²) in [6, 6.07) is 5.42. The van der Waals surface area contributed by atoms with Gasteiger partial charge in [0.05, 0.1) is 0 Å². The molecule has 2 bridgehead atoms. The van der Waals surface area contributed by atoms with Crippen LogP contribution in [0.15, 0.2) is 23.0 Å². The lowest BCUT2D eigenvalue weighted by Crippen LogP contribution is -2.51. The maximum Gasteiger partial charge on any atom is 0.317 e. The highest BCUT2D eigenvalue weighted by Gasteiger charge is 2.35. The highest BCUT2D eigenvalue weighted by molar-refractivity contribution is 5.74. The minimum absolute atomic E-state index is 0.0172. The van der Waals surface area contributed by atoms with Crippen molar-refractivity contribution in [2.45, 2.75) is 18.9 Å². The first-order chi connectivity index (χ1) is 8.69. The number of amides is 2. The van der Waals surface area contributed by atoms with Gasteiger partial charge in [0.15, 0.2) is 0 Å². The molecule has 1 N–H and O–H groups in total. The van der Waals surface area contributed by atoms with Gasteiger partial charge in [0.25, 0.3) is 5.56 Å². The van der Waals surface area contributed by atoms with Crippen LogP contribution in [0.1, 0.15) is 18.0 Å². The van der Waals surface area contributed by atoms with Gasteiger partial charge in [-0.05, 0) is 18.4 Å². The highest BCUT2D eigenvalue weighted by atomic mass is 16.2. The summed E-state index contributed by atoms with van der Waals surface area (Å²) in [6.07, 6.45) is 1.08. The summed E-state index contributed by atoms with van der Waals surface area (Å²) in [5.74, 6) is 0.692. The third-order valence-corrected chi connectivity index (χ3v) is 3.98. The van der Waals surface area contributed by atoms with E-state index in [1.807, 2.05) is 21.6 Å². The van der Waals surface area contributed by atoms with Crippen LogP contribution in [0.25, 0.3) is 0 Å². The Morgan fingerprint density at radius 1 is 1.33 bits per heavy atom. The van der Waals surface area contributed by atoms with E-state index < -0.39 is 0 Å². The highest BCUT2D eigenvalue weighted by Crippen LogP contribution is 2.34. The predicted molar refractivity (Wildman–Crippen MR) is 67.6 cm³/mol. The number of likely N-dealkylation sites (tertiary alicyclic amines) is 1. The predicted octanol–water partition coefficient (Wildman–Crippen LogP) is 0.607. The molecule has 0 unspecified atom stereocenters. The van der Waals surface area contributed by atoms with Gasteiger partial charge < -0.3 is 14.8 Å². The Bertz CT molecular complexity index is 537. The Balaban J connectivity index is 1.95. The van der Waals surface area contributed by atoms with Crippen LogP contribution >= 0.6 is 0 Å². The number of urea groups is 1. The Morgan fingerprint density at radius 2 is 2.17 bits per heavy atom. The molecule has 5 heteroatoms. The Labute approximate surface area is 105 Å². The van der Waals surface area contributed by atoms with Crippen molar-refractivity contribution in [3.63, 3.8) is 0 Å². The molecule has 1 saturated heterocycles. The number of carbonyl (C=O) groups excluding carboxylic acids is 1. The molecule has 0 spiro atoms. The quantitative estimate of drug-likeness (QED) is 0.730. The zero-order chi connectivity index (χ0) is 12.7. The summed E-state index contributed by atoms with van der Waals surface area (Å²) in [5.41, 5.74) is 1.16. The zero-order valence-electron chi connectivity index (χ0n) is 10.4. The van der Waals surface area contributed by atoms with E-state index in [1.54, 1.807) is 13.1 Å². The minimum Gasteiger partial charge on any atom is -0.341 e. The van der Waals surface area contributed by atoms with Gasteiger partial charge in [0.2, 0.25) is 0 Å². The molecule has 1 aromatic rings. The Morgan fingerprint density at radius 3 is 2.94 bits per heavy atom. The van der Waals surface area contributed by atoms with Crippen molar-refractivity contribution in [1.82, 2.24) is 14.8 Å². The maximum atomic E-state index is 11.8. The van der Waals surface area contributed by atoms with Gasteiger partial charge in [-0.15, -0.1) is 0 Å². The first kappa shape index (κ1) is 11.3. The van der Waals surface area contributed by atoms with E-state index >= 15 is 0 Å². The van der Waals surface area contributed by atoms with Gasteiger partial charge >= 0.3 is 6.03 Å². The van der Waals surface area contributed by atoms with Gasteiger partial charge in [-0.25, -0.2) is 4.79 Å². The second kappa shape index (κ2) is 4.15. The first-order valence-electron chi connectivity index (χ1n) is 6.35. The van der Waals surface area contributed by atoms with E-state index in [9.17, 15) is 9.59 Å². The number of carbonyl (C=O) groups is 1. The molecule has 2 atom stereocenters. The number of nitrogens with zero attached hydrogens (tertiary/aromatic N) is 2. The molecule has 2 amide bonds. The fourth-order valence-electron chi connectivity index (χ4n) is 3.22. The standard InChI is InChI=1S/C13H17N3O2/c1-14-13(18)15-6-9-5-10(8-15)11-3-2-4-12(17)16(11)7-9/h2-4,9-10H,5-8H2,1H3,(H,14,18)/t9-,10-/m1/s1. The third kappa shape index (κ3) is 1.70. The van der Waals surface area contributed by atoms with Crippen LogP contribution in [0.2, 0.25) is 0 Å². The van der Waals surface area contributed by atoms with E-state index in [4.69, 9.17) is 0 Å². The Hall–Kier alpha value is -1.78.